The number of thioether (sulfide) groups is 1. The van der Waals surface area contributed by atoms with Crippen LogP contribution in [0.1, 0.15) is 77.0 Å². The SMILES string of the molecule is C=C(/C=C1\C(=C/C)SC2(C)CCCCC12C)c1ccc2c(c1)C(C)(C)c1ccccc1-2. The first-order valence-electron chi connectivity index (χ1n) is 11.7. The molecule has 5 rings (SSSR count). The first-order valence-corrected chi connectivity index (χ1v) is 12.5. The van der Waals surface area contributed by atoms with E-state index < -0.39 is 0 Å². The normalized spacial score (nSPS) is 30.9. The van der Waals surface area contributed by atoms with Crippen LogP contribution >= 0.6 is 11.8 Å². The molecule has 2 aromatic carbocycles. The Kier molecular flexibility index (Phi) is 4.72. The second-order valence-corrected chi connectivity index (χ2v) is 12.1. The lowest BCUT2D eigenvalue weighted by atomic mass is 9.63. The largest absolute Gasteiger partial charge is 0.119 e. The molecule has 2 fully saturated rings. The molecule has 1 saturated heterocycles. The van der Waals surface area contributed by atoms with Crippen LogP contribution in [0, 0.1) is 5.41 Å². The second kappa shape index (κ2) is 7.01. The molecule has 1 aliphatic heterocycles. The monoisotopic (exact) mass is 426 g/mol. The zero-order valence-corrected chi connectivity index (χ0v) is 20.5. The molecule has 2 aromatic rings. The van der Waals surface area contributed by atoms with Crippen LogP contribution in [0.15, 0.2) is 71.7 Å². The fourth-order valence-corrected chi connectivity index (χ4v) is 7.92. The summed E-state index contributed by atoms with van der Waals surface area (Å²) in [7, 11) is 0. The lowest BCUT2D eigenvalue weighted by molar-refractivity contribution is 0.218. The van der Waals surface area contributed by atoms with Crippen molar-refractivity contribution < 1.29 is 0 Å². The summed E-state index contributed by atoms with van der Waals surface area (Å²) in [6.07, 6.45) is 10.0. The van der Waals surface area contributed by atoms with Crippen molar-refractivity contribution in [2.75, 3.05) is 0 Å². The van der Waals surface area contributed by atoms with Crippen LogP contribution in [0.2, 0.25) is 0 Å². The summed E-state index contributed by atoms with van der Waals surface area (Å²) in [5.74, 6) is 0. The van der Waals surface area contributed by atoms with Gasteiger partial charge in [-0.15, -0.1) is 11.8 Å². The highest BCUT2D eigenvalue weighted by atomic mass is 32.2. The molecule has 3 aliphatic rings. The maximum Gasteiger partial charge on any atom is 0.0273 e. The molecule has 2 aliphatic carbocycles. The highest BCUT2D eigenvalue weighted by molar-refractivity contribution is 8.05. The van der Waals surface area contributed by atoms with Gasteiger partial charge in [0.15, 0.2) is 0 Å². The number of allylic oxidation sites excluding steroid dienone is 4. The highest BCUT2D eigenvalue weighted by Gasteiger charge is 2.55. The molecule has 0 aromatic heterocycles. The highest BCUT2D eigenvalue weighted by Crippen LogP contribution is 2.66. The van der Waals surface area contributed by atoms with Gasteiger partial charge in [-0.25, -0.2) is 0 Å². The molecular formula is C30H34S. The van der Waals surface area contributed by atoms with Gasteiger partial charge in [0.25, 0.3) is 0 Å². The maximum absolute atomic E-state index is 4.56. The van der Waals surface area contributed by atoms with E-state index in [1.54, 1.807) is 0 Å². The summed E-state index contributed by atoms with van der Waals surface area (Å²) < 4.78 is 0.306. The maximum atomic E-state index is 4.56. The topological polar surface area (TPSA) is 0 Å². The van der Waals surface area contributed by atoms with Gasteiger partial charge in [0.2, 0.25) is 0 Å². The van der Waals surface area contributed by atoms with Gasteiger partial charge >= 0.3 is 0 Å². The zero-order valence-electron chi connectivity index (χ0n) is 19.6. The van der Waals surface area contributed by atoms with Gasteiger partial charge < -0.3 is 0 Å². The third-order valence-corrected chi connectivity index (χ3v) is 10.3. The van der Waals surface area contributed by atoms with Gasteiger partial charge in [0.05, 0.1) is 0 Å². The van der Waals surface area contributed by atoms with E-state index in [1.165, 1.54) is 64.0 Å². The Bertz CT molecular complexity index is 1140. The van der Waals surface area contributed by atoms with Gasteiger partial charge in [-0.1, -0.05) is 88.7 Å². The minimum absolute atomic E-state index is 0.0287. The Labute approximate surface area is 192 Å². The Morgan fingerprint density at radius 3 is 2.42 bits per heavy atom. The number of benzene rings is 2. The van der Waals surface area contributed by atoms with E-state index in [1.807, 2.05) is 0 Å². The minimum atomic E-state index is 0.0287. The fraction of sp³-hybridized carbons (Fsp3) is 0.400. The third kappa shape index (κ3) is 2.89. The number of rotatable bonds is 2. The zero-order chi connectivity index (χ0) is 22.0. The molecule has 1 saturated carbocycles. The summed E-state index contributed by atoms with van der Waals surface area (Å²) in [6, 6.07) is 15.8. The van der Waals surface area contributed by atoms with Gasteiger partial charge in [-0.2, -0.15) is 0 Å². The third-order valence-electron chi connectivity index (χ3n) is 8.48. The first-order chi connectivity index (χ1) is 14.7. The van der Waals surface area contributed by atoms with E-state index in [9.17, 15) is 0 Å². The molecule has 0 nitrogen and oxygen atoms in total. The van der Waals surface area contributed by atoms with E-state index in [-0.39, 0.29) is 10.8 Å². The molecular weight excluding hydrogens is 392 g/mol. The second-order valence-electron chi connectivity index (χ2n) is 10.5. The smallest absolute Gasteiger partial charge is 0.0273 e. The number of hydrogen-bond donors (Lipinski definition) is 0. The van der Waals surface area contributed by atoms with E-state index >= 15 is 0 Å². The van der Waals surface area contributed by atoms with Crippen LogP contribution in [-0.4, -0.2) is 4.75 Å². The molecule has 0 spiro atoms. The summed E-state index contributed by atoms with van der Waals surface area (Å²) in [5.41, 5.74) is 9.77. The molecule has 1 heterocycles. The molecule has 0 radical (unpaired) electrons. The molecule has 0 amide bonds. The van der Waals surface area contributed by atoms with E-state index in [2.05, 4.69) is 108 Å². The Balaban J connectivity index is 1.57. The number of hydrogen-bond acceptors (Lipinski definition) is 1. The Morgan fingerprint density at radius 1 is 0.935 bits per heavy atom. The average Bonchev–Trinajstić information content (AvgIpc) is 3.13. The van der Waals surface area contributed by atoms with Crippen LogP contribution in [0.5, 0.6) is 0 Å². The minimum Gasteiger partial charge on any atom is -0.119 e. The Hall–Kier alpha value is -1.99. The standard InChI is InChI=1S/C30H34S/c1-7-27-26(29(5)16-10-11-17-30(29,6)31-27)18-20(2)21-14-15-23-22-12-8-9-13-24(22)28(3,4)25(23)19-21/h7-9,12-15,18-19H,2,10-11,16-17H2,1,3-6H3/b26-18+,27-7+. The van der Waals surface area contributed by atoms with Crippen LogP contribution in [0.3, 0.4) is 0 Å². The molecule has 31 heavy (non-hydrogen) atoms. The molecule has 0 bridgehead atoms. The average molecular weight is 427 g/mol. The van der Waals surface area contributed by atoms with Crippen LogP contribution in [-0.2, 0) is 5.41 Å². The van der Waals surface area contributed by atoms with Crippen molar-refractivity contribution in [1.29, 1.82) is 0 Å². The molecule has 2 atom stereocenters. The van der Waals surface area contributed by atoms with Crippen molar-refractivity contribution >= 4 is 17.3 Å². The Morgan fingerprint density at radius 2 is 1.65 bits per heavy atom. The van der Waals surface area contributed by atoms with E-state index in [0.29, 0.717) is 4.75 Å². The van der Waals surface area contributed by atoms with Gasteiger partial charge in [-0.3, -0.25) is 0 Å². The quantitative estimate of drug-likeness (QED) is 0.462. The van der Waals surface area contributed by atoms with Gasteiger partial charge in [0, 0.05) is 20.5 Å². The number of fused-ring (bicyclic) bond motifs is 4. The molecule has 1 heteroatoms. The summed E-state index contributed by atoms with van der Waals surface area (Å²) >= 11 is 2.10. The lowest BCUT2D eigenvalue weighted by Crippen LogP contribution is -2.40. The molecule has 0 N–H and O–H groups in total. The van der Waals surface area contributed by atoms with Crippen LogP contribution < -0.4 is 0 Å². The van der Waals surface area contributed by atoms with E-state index in [4.69, 9.17) is 0 Å². The predicted octanol–water partition coefficient (Wildman–Crippen LogP) is 8.92. The van der Waals surface area contributed by atoms with Crippen molar-refractivity contribution in [2.45, 2.75) is 70.5 Å². The molecule has 160 valence electrons. The summed E-state index contributed by atoms with van der Waals surface area (Å²) in [5, 5.41) is 0. The summed E-state index contributed by atoms with van der Waals surface area (Å²) in [4.78, 5) is 1.46. The van der Waals surface area contributed by atoms with Crippen LogP contribution in [0.4, 0.5) is 0 Å². The van der Waals surface area contributed by atoms with Crippen molar-refractivity contribution in [3.05, 3.63) is 88.4 Å². The predicted molar refractivity (Wildman–Crippen MR) is 137 cm³/mol. The van der Waals surface area contributed by atoms with Crippen LogP contribution in [0.25, 0.3) is 16.7 Å². The van der Waals surface area contributed by atoms with Gasteiger partial charge in [-0.05, 0) is 71.7 Å². The van der Waals surface area contributed by atoms with Crippen molar-refractivity contribution in [2.24, 2.45) is 5.41 Å². The fourth-order valence-electron chi connectivity index (χ4n) is 6.24. The van der Waals surface area contributed by atoms with Crippen molar-refractivity contribution in [3.8, 4) is 11.1 Å². The van der Waals surface area contributed by atoms with Crippen molar-refractivity contribution in [1.82, 2.24) is 0 Å². The summed E-state index contributed by atoms with van der Waals surface area (Å²) in [6.45, 7) is 16.4. The first kappa shape index (κ1) is 20.9. The lowest BCUT2D eigenvalue weighted by Gasteiger charge is -2.44. The van der Waals surface area contributed by atoms with E-state index in [0.717, 1.165) is 5.57 Å². The van der Waals surface area contributed by atoms with Crippen molar-refractivity contribution in [3.63, 3.8) is 0 Å². The van der Waals surface area contributed by atoms with Gasteiger partial charge in [0.1, 0.15) is 0 Å². The molecule has 2 unspecified atom stereocenters.